The summed E-state index contributed by atoms with van der Waals surface area (Å²) in [5.74, 6) is 0. The first-order valence-corrected chi connectivity index (χ1v) is 8.05. The Labute approximate surface area is 121 Å². The monoisotopic (exact) mass is 333 g/mol. The molecule has 0 spiro atoms. The topological polar surface area (TPSA) is 30.5 Å². The summed E-state index contributed by atoms with van der Waals surface area (Å²) in [4.78, 5) is 0. The first-order chi connectivity index (χ1) is 8.73. The molecule has 0 aromatic carbocycles. The van der Waals surface area contributed by atoms with E-state index >= 15 is 0 Å². The Balaban J connectivity index is 2.30. The van der Waals surface area contributed by atoms with Crippen molar-refractivity contribution in [2.24, 2.45) is 0 Å². The van der Waals surface area contributed by atoms with E-state index in [1.165, 1.54) is 10.0 Å². The Kier molecular flexibility index (Phi) is 5.21. The molecule has 1 aromatic heterocycles. The van der Waals surface area contributed by atoms with Crippen LogP contribution in [-0.2, 0) is 9.47 Å². The Bertz CT molecular complexity index is 377. The van der Waals surface area contributed by atoms with Gasteiger partial charge in [-0.2, -0.15) is 11.3 Å². The molecule has 18 heavy (non-hydrogen) atoms. The first kappa shape index (κ1) is 14.5. The zero-order chi connectivity index (χ0) is 13.0. The van der Waals surface area contributed by atoms with Crippen LogP contribution in [0.2, 0.25) is 0 Å². The predicted octanol–water partition coefficient (Wildman–Crippen LogP) is 3.36. The molecule has 0 aliphatic carbocycles. The smallest absolute Gasteiger partial charge is 0.0916 e. The van der Waals surface area contributed by atoms with Gasteiger partial charge in [0.2, 0.25) is 0 Å². The molecular formula is C13H20BrNO2S. The van der Waals surface area contributed by atoms with Gasteiger partial charge in [-0.1, -0.05) is 6.92 Å². The van der Waals surface area contributed by atoms with Crippen molar-refractivity contribution < 1.29 is 9.47 Å². The first-order valence-electron chi connectivity index (χ1n) is 6.31. The van der Waals surface area contributed by atoms with E-state index in [2.05, 4.69) is 38.9 Å². The molecule has 0 bridgehead atoms. The largest absolute Gasteiger partial charge is 0.381 e. The van der Waals surface area contributed by atoms with Crippen LogP contribution in [0.3, 0.4) is 0 Å². The summed E-state index contributed by atoms with van der Waals surface area (Å²) >= 11 is 5.36. The normalized spacial score (nSPS) is 20.8. The summed E-state index contributed by atoms with van der Waals surface area (Å²) in [5.41, 5.74) is 1.14. The fourth-order valence-electron chi connectivity index (χ4n) is 2.61. The van der Waals surface area contributed by atoms with Gasteiger partial charge in [0, 0.05) is 43.0 Å². The zero-order valence-electron chi connectivity index (χ0n) is 10.9. The van der Waals surface area contributed by atoms with Gasteiger partial charge in [-0.15, -0.1) is 0 Å². The average Bonchev–Trinajstić information content (AvgIpc) is 2.83. The van der Waals surface area contributed by atoms with Crippen LogP contribution in [0.15, 0.2) is 15.2 Å². The summed E-state index contributed by atoms with van der Waals surface area (Å²) in [6, 6.07) is 0.219. The summed E-state index contributed by atoms with van der Waals surface area (Å²) in [6.45, 7) is 4.61. The van der Waals surface area contributed by atoms with Crippen LogP contribution in [0, 0.1) is 0 Å². The molecule has 0 saturated carbocycles. The van der Waals surface area contributed by atoms with Gasteiger partial charge in [-0.05, 0) is 33.4 Å². The fourth-order valence-corrected chi connectivity index (χ4v) is 4.16. The van der Waals surface area contributed by atoms with Crippen molar-refractivity contribution >= 4 is 27.3 Å². The van der Waals surface area contributed by atoms with E-state index in [1.807, 2.05) is 7.11 Å². The third-order valence-electron chi connectivity index (χ3n) is 3.63. The van der Waals surface area contributed by atoms with Crippen molar-refractivity contribution in [2.45, 2.75) is 31.4 Å². The summed E-state index contributed by atoms with van der Waals surface area (Å²) < 4.78 is 12.6. The fraction of sp³-hybridized carbons (Fsp3) is 0.692. The Hall–Kier alpha value is 0.0600. The maximum absolute atomic E-state index is 5.91. The van der Waals surface area contributed by atoms with Crippen molar-refractivity contribution in [1.82, 2.24) is 5.32 Å². The number of rotatable bonds is 5. The molecule has 1 aliphatic heterocycles. The maximum Gasteiger partial charge on any atom is 0.0916 e. The molecule has 1 unspecified atom stereocenters. The van der Waals surface area contributed by atoms with Crippen LogP contribution >= 0.6 is 27.3 Å². The number of hydrogen-bond donors (Lipinski definition) is 1. The molecule has 1 N–H and O–H groups in total. The molecule has 2 rings (SSSR count). The van der Waals surface area contributed by atoms with Crippen LogP contribution in [0.5, 0.6) is 0 Å². The lowest BCUT2D eigenvalue weighted by Crippen LogP contribution is -2.49. The van der Waals surface area contributed by atoms with Crippen LogP contribution in [0.25, 0.3) is 0 Å². The lowest BCUT2D eigenvalue weighted by molar-refractivity contribution is -0.111. The molecule has 1 atom stereocenters. The molecule has 102 valence electrons. The van der Waals surface area contributed by atoms with Crippen molar-refractivity contribution in [3.63, 3.8) is 0 Å². The van der Waals surface area contributed by atoms with Crippen molar-refractivity contribution in [2.75, 3.05) is 26.9 Å². The van der Waals surface area contributed by atoms with E-state index in [0.29, 0.717) is 0 Å². The number of halogens is 1. The van der Waals surface area contributed by atoms with E-state index in [4.69, 9.17) is 9.47 Å². The number of likely N-dealkylation sites (N-methyl/N-ethyl adjacent to an activating group) is 1. The van der Waals surface area contributed by atoms with Gasteiger partial charge < -0.3 is 14.8 Å². The van der Waals surface area contributed by atoms with Crippen LogP contribution < -0.4 is 5.32 Å². The molecule has 0 amide bonds. The van der Waals surface area contributed by atoms with Gasteiger partial charge in [0.1, 0.15) is 0 Å². The van der Waals surface area contributed by atoms with Crippen LogP contribution in [0.1, 0.15) is 31.4 Å². The quantitative estimate of drug-likeness (QED) is 0.896. The molecule has 3 nitrogen and oxygen atoms in total. The Morgan fingerprint density at radius 2 is 2.22 bits per heavy atom. The molecular weight excluding hydrogens is 314 g/mol. The number of hydrogen-bond acceptors (Lipinski definition) is 4. The second-order valence-electron chi connectivity index (χ2n) is 4.55. The third-order valence-corrected chi connectivity index (χ3v) is 5.38. The SMILES string of the molecule is CCNC(c1cscc1Br)C1(OC)CCOCC1. The Morgan fingerprint density at radius 3 is 2.72 bits per heavy atom. The predicted molar refractivity (Wildman–Crippen MR) is 78.2 cm³/mol. The van der Waals surface area contributed by atoms with Gasteiger partial charge in [0.05, 0.1) is 11.6 Å². The highest BCUT2D eigenvalue weighted by Gasteiger charge is 2.42. The highest BCUT2D eigenvalue weighted by Crippen LogP contribution is 2.41. The maximum atomic E-state index is 5.91. The molecule has 1 aromatic rings. The number of methoxy groups -OCH3 is 1. The van der Waals surface area contributed by atoms with Gasteiger partial charge in [-0.25, -0.2) is 0 Å². The molecule has 1 fully saturated rings. The number of nitrogens with one attached hydrogen (secondary N) is 1. The summed E-state index contributed by atoms with van der Waals surface area (Å²) in [6.07, 6.45) is 1.87. The number of thiophene rings is 1. The summed E-state index contributed by atoms with van der Waals surface area (Å²) in [7, 11) is 1.82. The van der Waals surface area contributed by atoms with E-state index in [1.54, 1.807) is 11.3 Å². The van der Waals surface area contributed by atoms with Crippen LogP contribution in [-0.4, -0.2) is 32.5 Å². The number of ether oxygens (including phenoxy) is 2. The van der Waals surface area contributed by atoms with Gasteiger partial charge >= 0.3 is 0 Å². The molecule has 1 aliphatic rings. The van der Waals surface area contributed by atoms with Crippen molar-refractivity contribution in [3.8, 4) is 0 Å². The summed E-state index contributed by atoms with van der Waals surface area (Å²) in [5, 5.41) is 7.91. The van der Waals surface area contributed by atoms with Gasteiger partial charge in [-0.3, -0.25) is 0 Å². The van der Waals surface area contributed by atoms with E-state index in [9.17, 15) is 0 Å². The third kappa shape index (κ3) is 2.80. The van der Waals surface area contributed by atoms with Gasteiger partial charge in [0.15, 0.2) is 0 Å². The average molecular weight is 334 g/mol. The Morgan fingerprint density at radius 1 is 1.50 bits per heavy atom. The highest BCUT2D eigenvalue weighted by molar-refractivity contribution is 9.10. The molecule has 0 radical (unpaired) electrons. The van der Waals surface area contributed by atoms with E-state index < -0.39 is 0 Å². The standard InChI is InChI=1S/C13H20BrNO2S/c1-3-15-12(10-8-18-9-11(10)14)13(16-2)4-6-17-7-5-13/h8-9,12,15H,3-7H2,1-2H3. The zero-order valence-corrected chi connectivity index (χ0v) is 13.3. The van der Waals surface area contributed by atoms with Crippen LogP contribution in [0.4, 0.5) is 0 Å². The minimum Gasteiger partial charge on any atom is -0.381 e. The molecule has 5 heteroatoms. The lowest BCUT2D eigenvalue weighted by Gasteiger charge is -2.42. The van der Waals surface area contributed by atoms with Gasteiger partial charge in [0.25, 0.3) is 0 Å². The minimum absolute atomic E-state index is 0.155. The highest BCUT2D eigenvalue weighted by atomic mass is 79.9. The molecule has 1 saturated heterocycles. The van der Waals surface area contributed by atoms with E-state index in [-0.39, 0.29) is 11.6 Å². The molecule has 2 heterocycles. The lowest BCUT2D eigenvalue weighted by atomic mass is 9.83. The van der Waals surface area contributed by atoms with Crippen molar-refractivity contribution in [3.05, 3.63) is 20.8 Å². The van der Waals surface area contributed by atoms with E-state index in [0.717, 1.165) is 32.6 Å². The van der Waals surface area contributed by atoms with Crippen molar-refractivity contribution in [1.29, 1.82) is 0 Å². The second kappa shape index (κ2) is 6.48. The second-order valence-corrected chi connectivity index (χ2v) is 6.14. The minimum atomic E-state index is -0.155.